The topological polar surface area (TPSA) is 12.0 Å². The fraction of sp³-hybridized carbons (Fsp3) is 0.455. The van der Waals surface area contributed by atoms with Crippen LogP contribution in [0.1, 0.15) is 12.0 Å². The highest BCUT2D eigenvalue weighted by Crippen LogP contribution is 2.38. The molecule has 0 radical (unpaired) electrons. The maximum atomic E-state index is 13.8. The Labute approximate surface area is 94.3 Å². The summed E-state index contributed by atoms with van der Waals surface area (Å²) in [5.74, 6) is -3.24. The van der Waals surface area contributed by atoms with Crippen molar-refractivity contribution in [1.82, 2.24) is 5.32 Å². The van der Waals surface area contributed by atoms with Gasteiger partial charge in [0, 0.05) is 18.0 Å². The zero-order chi connectivity index (χ0) is 10.0. The van der Waals surface area contributed by atoms with E-state index < -0.39 is 11.8 Å². The Kier molecular flexibility index (Phi) is 4.05. The average molecular weight is 234 g/mol. The van der Waals surface area contributed by atoms with Crippen molar-refractivity contribution in [2.24, 2.45) is 5.92 Å². The van der Waals surface area contributed by atoms with Crippen molar-refractivity contribution < 1.29 is 8.78 Å². The summed E-state index contributed by atoms with van der Waals surface area (Å²) in [7, 11) is 0. The minimum Gasteiger partial charge on any atom is -0.316 e. The van der Waals surface area contributed by atoms with E-state index in [0.29, 0.717) is 19.5 Å². The number of hydrogen-bond donors (Lipinski definition) is 1. The molecule has 4 heteroatoms. The van der Waals surface area contributed by atoms with Crippen molar-refractivity contribution in [3.05, 3.63) is 35.9 Å². The zero-order valence-electron chi connectivity index (χ0n) is 8.25. The van der Waals surface area contributed by atoms with E-state index in [1.807, 2.05) is 0 Å². The standard InChI is InChI=1S/C11H13F2N.ClH/c12-11(13,10-6-7-14-8-10)9-4-2-1-3-5-9;/h1-5,10,14H,6-8H2;1H. The lowest BCUT2D eigenvalue weighted by Gasteiger charge is -2.22. The van der Waals surface area contributed by atoms with Gasteiger partial charge in [-0.15, -0.1) is 12.4 Å². The van der Waals surface area contributed by atoms with Crippen LogP contribution in [0.25, 0.3) is 0 Å². The third kappa shape index (κ3) is 2.47. The van der Waals surface area contributed by atoms with Crippen LogP contribution in [-0.4, -0.2) is 13.1 Å². The van der Waals surface area contributed by atoms with Crippen molar-refractivity contribution in [3.8, 4) is 0 Å². The highest BCUT2D eigenvalue weighted by Gasteiger charge is 2.42. The maximum Gasteiger partial charge on any atom is 0.277 e. The van der Waals surface area contributed by atoms with Crippen LogP contribution in [-0.2, 0) is 5.92 Å². The summed E-state index contributed by atoms with van der Waals surface area (Å²) in [4.78, 5) is 0. The van der Waals surface area contributed by atoms with E-state index in [2.05, 4.69) is 5.32 Å². The van der Waals surface area contributed by atoms with E-state index in [4.69, 9.17) is 0 Å². The lowest BCUT2D eigenvalue weighted by Crippen LogP contribution is -2.27. The monoisotopic (exact) mass is 233 g/mol. The van der Waals surface area contributed by atoms with E-state index in [-0.39, 0.29) is 18.0 Å². The van der Waals surface area contributed by atoms with E-state index in [1.54, 1.807) is 18.2 Å². The Hall–Kier alpha value is -0.670. The van der Waals surface area contributed by atoms with Gasteiger partial charge in [-0.05, 0) is 13.0 Å². The van der Waals surface area contributed by atoms with Crippen molar-refractivity contribution in [2.45, 2.75) is 12.3 Å². The van der Waals surface area contributed by atoms with E-state index in [0.717, 1.165) is 0 Å². The normalized spacial score (nSPS) is 21.1. The number of rotatable bonds is 2. The molecular formula is C11H14ClF2N. The molecule has 0 bridgehead atoms. The second kappa shape index (κ2) is 4.90. The third-order valence-electron chi connectivity index (χ3n) is 2.73. The van der Waals surface area contributed by atoms with Crippen LogP contribution in [0.15, 0.2) is 30.3 Å². The van der Waals surface area contributed by atoms with Gasteiger partial charge in [-0.25, -0.2) is 8.78 Å². The quantitative estimate of drug-likeness (QED) is 0.828. The molecule has 1 nitrogen and oxygen atoms in total. The molecule has 1 aromatic carbocycles. The van der Waals surface area contributed by atoms with Crippen LogP contribution in [0.4, 0.5) is 8.78 Å². The molecule has 1 aliphatic heterocycles. The molecule has 0 amide bonds. The molecule has 0 aromatic heterocycles. The first-order chi connectivity index (χ1) is 6.71. The molecule has 1 atom stereocenters. The molecule has 15 heavy (non-hydrogen) atoms. The van der Waals surface area contributed by atoms with Crippen molar-refractivity contribution in [1.29, 1.82) is 0 Å². The first-order valence-electron chi connectivity index (χ1n) is 4.85. The Bertz CT molecular complexity index is 297. The van der Waals surface area contributed by atoms with E-state index >= 15 is 0 Å². The summed E-state index contributed by atoms with van der Waals surface area (Å²) in [5, 5.41) is 2.97. The van der Waals surface area contributed by atoms with Gasteiger partial charge in [0.25, 0.3) is 5.92 Å². The van der Waals surface area contributed by atoms with Crippen molar-refractivity contribution >= 4 is 12.4 Å². The number of benzene rings is 1. The fourth-order valence-electron chi connectivity index (χ4n) is 1.86. The Balaban J connectivity index is 0.00000112. The third-order valence-corrected chi connectivity index (χ3v) is 2.73. The van der Waals surface area contributed by atoms with Gasteiger partial charge >= 0.3 is 0 Å². The second-order valence-corrected chi connectivity index (χ2v) is 3.68. The van der Waals surface area contributed by atoms with Crippen LogP contribution in [0.5, 0.6) is 0 Å². The largest absolute Gasteiger partial charge is 0.316 e. The highest BCUT2D eigenvalue weighted by atomic mass is 35.5. The van der Waals surface area contributed by atoms with Crippen molar-refractivity contribution in [3.63, 3.8) is 0 Å². The molecule has 0 spiro atoms. The maximum absolute atomic E-state index is 13.8. The molecule has 1 N–H and O–H groups in total. The predicted molar refractivity (Wildman–Crippen MR) is 58.6 cm³/mol. The fourth-order valence-corrected chi connectivity index (χ4v) is 1.86. The first-order valence-corrected chi connectivity index (χ1v) is 4.85. The zero-order valence-corrected chi connectivity index (χ0v) is 9.07. The predicted octanol–water partition coefficient (Wildman–Crippen LogP) is 2.81. The summed E-state index contributed by atoms with van der Waals surface area (Å²) in [6.45, 7) is 1.12. The minimum absolute atomic E-state index is 0. The molecule has 1 fully saturated rings. The number of hydrogen-bond acceptors (Lipinski definition) is 1. The number of nitrogens with one attached hydrogen (secondary N) is 1. The number of halogens is 3. The lowest BCUT2D eigenvalue weighted by atomic mass is 9.94. The van der Waals surface area contributed by atoms with E-state index in [9.17, 15) is 8.78 Å². The molecule has 0 saturated carbocycles. The minimum atomic E-state index is -2.69. The van der Waals surface area contributed by atoms with Gasteiger partial charge in [-0.1, -0.05) is 30.3 Å². The van der Waals surface area contributed by atoms with Gasteiger partial charge < -0.3 is 5.32 Å². The summed E-state index contributed by atoms with van der Waals surface area (Å²) in [6, 6.07) is 8.07. The first kappa shape index (κ1) is 12.4. The molecule has 1 saturated heterocycles. The van der Waals surface area contributed by atoms with E-state index in [1.165, 1.54) is 12.1 Å². The summed E-state index contributed by atoms with van der Waals surface area (Å²) in [6.07, 6.45) is 0.557. The summed E-state index contributed by atoms with van der Waals surface area (Å²) < 4.78 is 27.6. The van der Waals surface area contributed by atoms with Crippen LogP contribution in [0.2, 0.25) is 0 Å². The Morgan fingerprint density at radius 2 is 1.87 bits per heavy atom. The van der Waals surface area contributed by atoms with Gasteiger partial charge in [0.1, 0.15) is 0 Å². The molecule has 1 aromatic rings. The van der Waals surface area contributed by atoms with Crippen LogP contribution in [0, 0.1) is 5.92 Å². The lowest BCUT2D eigenvalue weighted by molar-refractivity contribution is -0.0575. The van der Waals surface area contributed by atoms with Crippen LogP contribution in [0.3, 0.4) is 0 Å². The summed E-state index contributed by atoms with van der Waals surface area (Å²) in [5.41, 5.74) is 0.133. The smallest absolute Gasteiger partial charge is 0.277 e. The SMILES string of the molecule is Cl.FC(F)(c1ccccc1)C1CCNC1. The highest BCUT2D eigenvalue weighted by molar-refractivity contribution is 5.85. The van der Waals surface area contributed by atoms with Gasteiger partial charge in [-0.2, -0.15) is 0 Å². The van der Waals surface area contributed by atoms with Gasteiger partial charge in [0.05, 0.1) is 0 Å². The molecule has 1 heterocycles. The Morgan fingerprint density at radius 3 is 2.40 bits per heavy atom. The van der Waals surface area contributed by atoms with Crippen molar-refractivity contribution in [2.75, 3.05) is 13.1 Å². The van der Waals surface area contributed by atoms with Gasteiger partial charge in [0.2, 0.25) is 0 Å². The number of alkyl halides is 2. The molecule has 0 aliphatic carbocycles. The molecule has 1 unspecified atom stereocenters. The molecule has 2 rings (SSSR count). The molecular weight excluding hydrogens is 220 g/mol. The average Bonchev–Trinajstić information content (AvgIpc) is 2.72. The Morgan fingerprint density at radius 1 is 1.20 bits per heavy atom. The molecule has 84 valence electrons. The summed E-state index contributed by atoms with van der Waals surface area (Å²) >= 11 is 0. The van der Waals surface area contributed by atoms with Crippen LogP contribution >= 0.6 is 12.4 Å². The van der Waals surface area contributed by atoms with Crippen LogP contribution < -0.4 is 5.32 Å². The second-order valence-electron chi connectivity index (χ2n) is 3.68. The van der Waals surface area contributed by atoms with Gasteiger partial charge in [-0.3, -0.25) is 0 Å². The molecule has 1 aliphatic rings. The van der Waals surface area contributed by atoms with Gasteiger partial charge in [0.15, 0.2) is 0 Å².